The molecule has 2 aliphatic carbocycles. The van der Waals surface area contributed by atoms with E-state index in [4.69, 9.17) is 5.10 Å². The van der Waals surface area contributed by atoms with Gasteiger partial charge in [-0.15, -0.1) is 10.2 Å². The van der Waals surface area contributed by atoms with Crippen LogP contribution in [0.3, 0.4) is 0 Å². The molecule has 6 heteroatoms. The summed E-state index contributed by atoms with van der Waals surface area (Å²) in [4.78, 5) is 14.8. The molecular weight excluding hydrogens is 326 g/mol. The Morgan fingerprint density at radius 1 is 1.08 bits per heavy atom. The molecule has 1 amide bonds. The number of rotatable bonds is 2. The van der Waals surface area contributed by atoms with Gasteiger partial charge < -0.3 is 4.90 Å². The minimum Gasteiger partial charge on any atom is -0.342 e. The zero-order chi connectivity index (χ0) is 17.5. The van der Waals surface area contributed by atoms with Crippen LogP contribution >= 0.6 is 0 Å². The first-order valence-corrected chi connectivity index (χ1v) is 9.97. The summed E-state index contributed by atoms with van der Waals surface area (Å²) in [7, 11) is 0. The molecule has 0 aromatic carbocycles. The van der Waals surface area contributed by atoms with Crippen LogP contribution in [0.2, 0.25) is 0 Å². The first-order valence-electron chi connectivity index (χ1n) is 9.97. The number of nitrogens with zero attached hydrogens (tertiary/aromatic N) is 5. The van der Waals surface area contributed by atoms with Crippen molar-refractivity contribution in [3.63, 3.8) is 0 Å². The summed E-state index contributed by atoms with van der Waals surface area (Å²) in [6, 6.07) is 2.15. The average molecular weight is 351 g/mol. The quantitative estimate of drug-likeness (QED) is 0.781. The minimum atomic E-state index is 0.190. The highest BCUT2D eigenvalue weighted by atomic mass is 16.2. The summed E-state index contributed by atoms with van der Waals surface area (Å²) in [5.74, 6) is 1.85. The van der Waals surface area contributed by atoms with Gasteiger partial charge in [-0.3, -0.25) is 4.79 Å². The fourth-order valence-corrected chi connectivity index (χ4v) is 4.68. The van der Waals surface area contributed by atoms with Crippen LogP contribution in [0.5, 0.6) is 0 Å². The van der Waals surface area contributed by atoms with Crippen molar-refractivity contribution in [3.8, 4) is 0 Å². The Hall–Kier alpha value is -2.24. The van der Waals surface area contributed by atoms with E-state index in [9.17, 15) is 4.79 Å². The SMILES string of the molecule is O=C(C1CC=CCC1)N1CCC(c2nnc3cc4c(nn23)CCC4)CC1. The van der Waals surface area contributed by atoms with Gasteiger partial charge in [-0.05, 0) is 63.0 Å². The molecular formula is C20H25N5O. The van der Waals surface area contributed by atoms with Gasteiger partial charge in [0.25, 0.3) is 0 Å². The third-order valence-electron chi connectivity index (χ3n) is 6.23. The first kappa shape index (κ1) is 16.0. The van der Waals surface area contributed by atoms with Gasteiger partial charge in [0, 0.05) is 24.9 Å². The van der Waals surface area contributed by atoms with Crippen LogP contribution in [0, 0.1) is 5.92 Å². The Bertz CT molecular complexity index is 862. The van der Waals surface area contributed by atoms with Gasteiger partial charge in [-0.2, -0.15) is 9.61 Å². The van der Waals surface area contributed by atoms with Crippen LogP contribution in [0.4, 0.5) is 0 Å². The molecule has 6 nitrogen and oxygen atoms in total. The van der Waals surface area contributed by atoms with Crippen LogP contribution in [-0.4, -0.2) is 43.7 Å². The van der Waals surface area contributed by atoms with Crippen molar-refractivity contribution in [1.82, 2.24) is 24.7 Å². The number of likely N-dealkylation sites (tertiary alicyclic amines) is 1. The van der Waals surface area contributed by atoms with Gasteiger partial charge in [0.1, 0.15) is 0 Å². The number of aromatic nitrogens is 4. The molecule has 5 rings (SSSR count). The van der Waals surface area contributed by atoms with Crippen molar-refractivity contribution >= 4 is 11.6 Å². The Morgan fingerprint density at radius 3 is 2.77 bits per heavy atom. The summed E-state index contributed by atoms with van der Waals surface area (Å²) in [6.45, 7) is 1.65. The fraction of sp³-hybridized carbons (Fsp3) is 0.600. The second kappa shape index (κ2) is 6.49. The zero-order valence-electron chi connectivity index (χ0n) is 15.1. The second-order valence-corrected chi connectivity index (χ2v) is 7.88. The predicted molar refractivity (Wildman–Crippen MR) is 97.8 cm³/mol. The topological polar surface area (TPSA) is 63.4 Å². The second-order valence-electron chi connectivity index (χ2n) is 7.88. The molecule has 0 bridgehead atoms. The Labute approximate surface area is 153 Å². The minimum absolute atomic E-state index is 0.190. The van der Waals surface area contributed by atoms with Gasteiger partial charge in [0.15, 0.2) is 11.5 Å². The van der Waals surface area contributed by atoms with E-state index in [0.29, 0.717) is 11.8 Å². The van der Waals surface area contributed by atoms with Crippen LogP contribution in [-0.2, 0) is 17.6 Å². The van der Waals surface area contributed by atoms with E-state index in [1.54, 1.807) is 0 Å². The maximum absolute atomic E-state index is 12.7. The largest absolute Gasteiger partial charge is 0.342 e. The predicted octanol–water partition coefficient (Wildman–Crippen LogP) is 2.68. The van der Waals surface area contributed by atoms with Gasteiger partial charge in [0.2, 0.25) is 5.91 Å². The molecule has 2 aromatic heterocycles. The molecule has 0 N–H and O–H groups in total. The van der Waals surface area contributed by atoms with E-state index in [0.717, 1.165) is 69.5 Å². The molecule has 2 aromatic rings. The normalized spacial score (nSPS) is 23.5. The highest BCUT2D eigenvalue weighted by Crippen LogP contribution is 2.30. The lowest BCUT2D eigenvalue weighted by Gasteiger charge is -2.34. The lowest BCUT2D eigenvalue weighted by molar-refractivity contribution is -0.136. The monoisotopic (exact) mass is 351 g/mol. The average Bonchev–Trinajstić information content (AvgIpc) is 3.32. The number of amides is 1. The molecule has 1 atom stereocenters. The molecule has 3 aliphatic rings. The van der Waals surface area contributed by atoms with Gasteiger partial charge in [-0.25, -0.2) is 0 Å². The van der Waals surface area contributed by atoms with Crippen LogP contribution in [0.1, 0.15) is 61.5 Å². The third kappa shape index (κ3) is 2.72. The summed E-state index contributed by atoms with van der Waals surface area (Å²) in [5, 5.41) is 13.6. The maximum atomic E-state index is 12.7. The first-order chi connectivity index (χ1) is 12.8. The number of carbonyl (C=O) groups excluding carboxylic acids is 1. The van der Waals surface area contributed by atoms with Crippen LogP contribution in [0.15, 0.2) is 18.2 Å². The molecule has 1 saturated heterocycles. The van der Waals surface area contributed by atoms with Crippen LogP contribution in [0.25, 0.3) is 5.65 Å². The molecule has 0 saturated carbocycles. The van der Waals surface area contributed by atoms with E-state index in [1.807, 2.05) is 4.52 Å². The van der Waals surface area contributed by atoms with Crippen molar-refractivity contribution < 1.29 is 4.79 Å². The zero-order valence-corrected chi connectivity index (χ0v) is 15.1. The highest BCUT2D eigenvalue weighted by molar-refractivity contribution is 5.79. The van der Waals surface area contributed by atoms with Crippen molar-refractivity contribution in [2.45, 2.75) is 57.3 Å². The summed E-state index contributed by atoms with van der Waals surface area (Å²) in [5.41, 5.74) is 3.41. The number of piperidine rings is 1. The Balaban J connectivity index is 1.30. The van der Waals surface area contributed by atoms with Gasteiger partial charge in [-0.1, -0.05) is 12.2 Å². The molecule has 0 radical (unpaired) electrons. The Morgan fingerprint density at radius 2 is 1.96 bits per heavy atom. The Kier molecular flexibility index (Phi) is 3.98. The van der Waals surface area contributed by atoms with Gasteiger partial charge >= 0.3 is 0 Å². The molecule has 1 fully saturated rings. The molecule has 1 unspecified atom stereocenters. The van der Waals surface area contributed by atoms with E-state index in [1.165, 1.54) is 17.7 Å². The van der Waals surface area contributed by atoms with E-state index in [-0.39, 0.29) is 5.92 Å². The standard InChI is InChI=1S/C20H25N5O/c26-20(15-5-2-1-3-6-15)24-11-9-14(10-12-24)19-22-21-18-13-16-7-4-8-17(16)23-25(18)19/h1-2,13-15H,3-12H2. The number of hydrogen-bond acceptors (Lipinski definition) is 4. The van der Waals surface area contributed by atoms with Crippen molar-refractivity contribution in [3.05, 3.63) is 35.3 Å². The summed E-state index contributed by atoms with van der Waals surface area (Å²) >= 11 is 0. The van der Waals surface area contributed by atoms with Crippen LogP contribution < -0.4 is 0 Å². The number of carbonyl (C=O) groups is 1. The number of allylic oxidation sites excluding steroid dienone is 2. The molecule has 0 spiro atoms. The lowest BCUT2D eigenvalue weighted by Crippen LogP contribution is -2.41. The van der Waals surface area contributed by atoms with Crippen molar-refractivity contribution in [2.24, 2.45) is 5.92 Å². The van der Waals surface area contributed by atoms with E-state index in [2.05, 4.69) is 33.3 Å². The number of fused-ring (bicyclic) bond motifs is 2. The van der Waals surface area contributed by atoms with E-state index < -0.39 is 0 Å². The molecule has 136 valence electrons. The van der Waals surface area contributed by atoms with Crippen molar-refractivity contribution in [1.29, 1.82) is 0 Å². The summed E-state index contributed by atoms with van der Waals surface area (Å²) in [6.07, 6.45) is 12.6. The maximum Gasteiger partial charge on any atom is 0.226 e. The van der Waals surface area contributed by atoms with Crippen molar-refractivity contribution in [2.75, 3.05) is 13.1 Å². The smallest absolute Gasteiger partial charge is 0.226 e. The highest BCUT2D eigenvalue weighted by Gasteiger charge is 2.31. The third-order valence-corrected chi connectivity index (χ3v) is 6.23. The molecule has 26 heavy (non-hydrogen) atoms. The number of hydrogen-bond donors (Lipinski definition) is 0. The molecule has 1 aliphatic heterocycles. The summed E-state index contributed by atoms with van der Waals surface area (Å²) < 4.78 is 1.96. The number of aryl methyl sites for hydroxylation is 2. The van der Waals surface area contributed by atoms with E-state index >= 15 is 0 Å². The lowest BCUT2D eigenvalue weighted by atomic mass is 9.90. The molecule has 3 heterocycles. The fourth-order valence-electron chi connectivity index (χ4n) is 4.68. The van der Waals surface area contributed by atoms with Gasteiger partial charge in [0.05, 0.1) is 5.69 Å².